The third kappa shape index (κ3) is 3.48. The van der Waals surface area contributed by atoms with Crippen LogP contribution in [0.25, 0.3) is 0 Å². The summed E-state index contributed by atoms with van der Waals surface area (Å²) < 4.78 is 1.09. The molecule has 2 rings (SSSR count). The standard InChI is InChI=1S/C15H22BrNO/c1-3-8-17(10-12-4-5-12)15-7-6-13(11(2)18)9-14(15)16/h6-7,9,11-12,18H,3-5,8,10H2,1-2H3. The number of benzene rings is 1. The Hall–Kier alpha value is -0.540. The minimum atomic E-state index is -0.404. The van der Waals surface area contributed by atoms with Gasteiger partial charge in [-0.05, 0) is 65.7 Å². The molecule has 1 aliphatic carbocycles. The van der Waals surface area contributed by atoms with Crippen molar-refractivity contribution < 1.29 is 5.11 Å². The molecule has 18 heavy (non-hydrogen) atoms. The van der Waals surface area contributed by atoms with E-state index in [4.69, 9.17) is 0 Å². The van der Waals surface area contributed by atoms with Crippen molar-refractivity contribution in [1.82, 2.24) is 0 Å². The average Bonchev–Trinajstić information content (AvgIpc) is 3.12. The van der Waals surface area contributed by atoms with Crippen molar-refractivity contribution in [1.29, 1.82) is 0 Å². The summed E-state index contributed by atoms with van der Waals surface area (Å²) in [7, 11) is 0. The number of aliphatic hydroxyl groups is 1. The molecule has 0 heterocycles. The van der Waals surface area contributed by atoms with E-state index in [0.29, 0.717) is 0 Å². The summed E-state index contributed by atoms with van der Waals surface area (Å²) in [5, 5.41) is 9.60. The molecular formula is C15H22BrNO. The maximum absolute atomic E-state index is 9.60. The molecule has 2 nitrogen and oxygen atoms in total. The summed E-state index contributed by atoms with van der Waals surface area (Å²) in [6.07, 6.45) is 3.52. The van der Waals surface area contributed by atoms with Gasteiger partial charge in [0.2, 0.25) is 0 Å². The molecule has 0 aliphatic heterocycles. The van der Waals surface area contributed by atoms with E-state index in [9.17, 15) is 5.11 Å². The Morgan fingerprint density at radius 1 is 1.44 bits per heavy atom. The van der Waals surface area contributed by atoms with E-state index in [1.807, 2.05) is 12.1 Å². The van der Waals surface area contributed by atoms with Crippen LogP contribution >= 0.6 is 15.9 Å². The van der Waals surface area contributed by atoms with E-state index in [0.717, 1.165) is 28.9 Å². The van der Waals surface area contributed by atoms with Gasteiger partial charge in [0.05, 0.1) is 11.8 Å². The third-order valence-electron chi connectivity index (χ3n) is 3.46. The maximum Gasteiger partial charge on any atom is 0.0762 e. The van der Waals surface area contributed by atoms with Crippen molar-refractivity contribution in [2.75, 3.05) is 18.0 Å². The molecule has 1 N–H and O–H groups in total. The highest BCUT2D eigenvalue weighted by Crippen LogP contribution is 2.35. The van der Waals surface area contributed by atoms with E-state index in [-0.39, 0.29) is 0 Å². The fourth-order valence-electron chi connectivity index (χ4n) is 2.23. The van der Waals surface area contributed by atoms with Gasteiger partial charge in [-0.3, -0.25) is 0 Å². The highest BCUT2D eigenvalue weighted by atomic mass is 79.9. The van der Waals surface area contributed by atoms with Gasteiger partial charge in [-0.1, -0.05) is 13.0 Å². The van der Waals surface area contributed by atoms with Crippen LogP contribution in [0, 0.1) is 5.92 Å². The van der Waals surface area contributed by atoms with Gasteiger partial charge in [0.25, 0.3) is 0 Å². The Balaban J connectivity index is 2.17. The minimum absolute atomic E-state index is 0.404. The predicted molar refractivity (Wildman–Crippen MR) is 80.0 cm³/mol. The van der Waals surface area contributed by atoms with E-state index in [2.05, 4.69) is 33.8 Å². The molecule has 0 bridgehead atoms. The first-order valence-electron chi connectivity index (χ1n) is 6.84. The summed E-state index contributed by atoms with van der Waals surface area (Å²) in [4.78, 5) is 2.47. The van der Waals surface area contributed by atoms with Crippen molar-refractivity contribution in [3.8, 4) is 0 Å². The molecule has 0 aromatic heterocycles. The second kappa shape index (κ2) is 6.07. The molecule has 0 radical (unpaired) electrons. The summed E-state index contributed by atoms with van der Waals surface area (Å²) in [5.74, 6) is 0.889. The molecule has 1 fully saturated rings. The fourth-order valence-corrected chi connectivity index (χ4v) is 2.88. The van der Waals surface area contributed by atoms with Gasteiger partial charge < -0.3 is 10.0 Å². The summed E-state index contributed by atoms with van der Waals surface area (Å²) in [6, 6.07) is 6.19. The van der Waals surface area contributed by atoms with E-state index in [1.165, 1.54) is 25.1 Å². The molecular weight excluding hydrogens is 290 g/mol. The van der Waals surface area contributed by atoms with Crippen molar-refractivity contribution in [2.45, 2.75) is 39.2 Å². The number of hydrogen-bond acceptors (Lipinski definition) is 2. The number of hydrogen-bond donors (Lipinski definition) is 1. The summed E-state index contributed by atoms with van der Waals surface area (Å²) in [6.45, 7) is 6.29. The van der Waals surface area contributed by atoms with Crippen molar-refractivity contribution in [3.63, 3.8) is 0 Å². The first-order chi connectivity index (χ1) is 8.61. The SMILES string of the molecule is CCCN(CC1CC1)c1ccc(C(C)O)cc1Br. The van der Waals surface area contributed by atoms with Crippen LogP contribution in [-0.4, -0.2) is 18.2 Å². The topological polar surface area (TPSA) is 23.5 Å². The van der Waals surface area contributed by atoms with Gasteiger partial charge >= 0.3 is 0 Å². The van der Waals surface area contributed by atoms with Gasteiger partial charge in [0.1, 0.15) is 0 Å². The Morgan fingerprint density at radius 3 is 2.67 bits per heavy atom. The molecule has 1 aromatic carbocycles. The van der Waals surface area contributed by atoms with Gasteiger partial charge in [-0.2, -0.15) is 0 Å². The highest BCUT2D eigenvalue weighted by Gasteiger charge is 2.25. The first-order valence-corrected chi connectivity index (χ1v) is 7.63. The fraction of sp³-hybridized carbons (Fsp3) is 0.600. The van der Waals surface area contributed by atoms with Crippen LogP contribution in [0.4, 0.5) is 5.69 Å². The predicted octanol–water partition coefficient (Wildman–Crippen LogP) is 4.13. The molecule has 0 spiro atoms. The smallest absolute Gasteiger partial charge is 0.0762 e. The zero-order valence-corrected chi connectivity index (χ0v) is 12.8. The lowest BCUT2D eigenvalue weighted by Crippen LogP contribution is -2.26. The molecule has 0 amide bonds. The van der Waals surface area contributed by atoms with E-state index in [1.54, 1.807) is 6.92 Å². The summed E-state index contributed by atoms with van der Waals surface area (Å²) in [5.41, 5.74) is 2.22. The lowest BCUT2D eigenvalue weighted by atomic mass is 10.1. The monoisotopic (exact) mass is 311 g/mol. The first kappa shape index (κ1) is 13.9. The molecule has 1 aliphatic rings. The molecule has 3 heteroatoms. The van der Waals surface area contributed by atoms with Crippen molar-refractivity contribution >= 4 is 21.6 Å². The molecule has 1 atom stereocenters. The van der Waals surface area contributed by atoms with Crippen molar-refractivity contribution in [2.24, 2.45) is 5.92 Å². The van der Waals surface area contributed by atoms with Crippen LogP contribution in [0.5, 0.6) is 0 Å². The lowest BCUT2D eigenvalue weighted by molar-refractivity contribution is 0.199. The maximum atomic E-state index is 9.60. The number of halogens is 1. The largest absolute Gasteiger partial charge is 0.389 e. The Labute approximate surface area is 118 Å². The van der Waals surface area contributed by atoms with Gasteiger partial charge in [0, 0.05) is 17.6 Å². The number of aliphatic hydroxyl groups excluding tert-OH is 1. The van der Waals surface area contributed by atoms with Crippen LogP contribution in [0.2, 0.25) is 0 Å². The van der Waals surface area contributed by atoms with Crippen LogP contribution in [0.1, 0.15) is 44.8 Å². The Bertz CT molecular complexity index is 401. The highest BCUT2D eigenvalue weighted by molar-refractivity contribution is 9.10. The summed E-state index contributed by atoms with van der Waals surface area (Å²) >= 11 is 3.64. The minimum Gasteiger partial charge on any atom is -0.389 e. The van der Waals surface area contributed by atoms with Crippen LogP contribution in [0.3, 0.4) is 0 Å². The van der Waals surface area contributed by atoms with E-state index < -0.39 is 6.10 Å². The number of rotatable bonds is 6. The van der Waals surface area contributed by atoms with Crippen molar-refractivity contribution in [3.05, 3.63) is 28.2 Å². The third-order valence-corrected chi connectivity index (χ3v) is 4.10. The Morgan fingerprint density at radius 2 is 2.17 bits per heavy atom. The normalized spacial score (nSPS) is 16.7. The lowest BCUT2D eigenvalue weighted by Gasteiger charge is -2.26. The molecule has 100 valence electrons. The molecule has 1 aromatic rings. The second-order valence-corrected chi connectivity index (χ2v) is 6.13. The Kier molecular flexibility index (Phi) is 4.68. The average molecular weight is 312 g/mol. The molecule has 1 saturated carbocycles. The second-order valence-electron chi connectivity index (χ2n) is 5.28. The number of nitrogens with zero attached hydrogens (tertiary/aromatic N) is 1. The van der Waals surface area contributed by atoms with Gasteiger partial charge in [-0.25, -0.2) is 0 Å². The zero-order valence-electron chi connectivity index (χ0n) is 11.2. The molecule has 0 saturated heterocycles. The van der Waals surface area contributed by atoms with Crippen LogP contribution in [-0.2, 0) is 0 Å². The van der Waals surface area contributed by atoms with Gasteiger partial charge in [-0.15, -0.1) is 0 Å². The molecule has 1 unspecified atom stereocenters. The number of anilines is 1. The van der Waals surface area contributed by atoms with Crippen LogP contribution in [0.15, 0.2) is 22.7 Å². The van der Waals surface area contributed by atoms with Crippen LogP contribution < -0.4 is 4.90 Å². The quantitative estimate of drug-likeness (QED) is 0.854. The van der Waals surface area contributed by atoms with Gasteiger partial charge in [0.15, 0.2) is 0 Å². The van der Waals surface area contributed by atoms with E-state index >= 15 is 0 Å². The zero-order chi connectivity index (χ0) is 13.1.